The summed E-state index contributed by atoms with van der Waals surface area (Å²) in [6.07, 6.45) is -11.9. The predicted molar refractivity (Wildman–Crippen MR) is 79.5 cm³/mol. The van der Waals surface area contributed by atoms with Gasteiger partial charge in [-0.15, -0.1) is 11.3 Å². The highest BCUT2D eigenvalue weighted by atomic mass is 32.1. The Bertz CT molecular complexity index is 723. The van der Waals surface area contributed by atoms with Crippen molar-refractivity contribution in [1.29, 1.82) is 0 Å². The Morgan fingerprint density at radius 1 is 1.00 bits per heavy atom. The number of carbonyl (C=O) groups excluding carboxylic acids is 1. The van der Waals surface area contributed by atoms with Gasteiger partial charge in [-0.2, -0.15) is 26.3 Å². The number of halogens is 6. The van der Waals surface area contributed by atoms with Crippen molar-refractivity contribution in [3.05, 3.63) is 52.2 Å². The molecule has 136 valence electrons. The van der Waals surface area contributed by atoms with Crippen molar-refractivity contribution in [3.8, 4) is 0 Å². The molecule has 1 aromatic carbocycles. The molecule has 2 aromatic rings. The zero-order valence-electron chi connectivity index (χ0n) is 12.5. The maximum atomic E-state index is 12.8. The maximum absolute atomic E-state index is 12.8. The fourth-order valence-corrected chi connectivity index (χ4v) is 2.80. The molecule has 0 unspecified atom stereocenters. The fourth-order valence-electron chi connectivity index (χ4n) is 2.10. The van der Waals surface area contributed by atoms with Crippen LogP contribution in [0.1, 0.15) is 15.2 Å². The van der Waals surface area contributed by atoms with Crippen molar-refractivity contribution >= 4 is 22.9 Å². The summed E-state index contributed by atoms with van der Waals surface area (Å²) in [6.45, 7) is 0. The molecular formula is C15H11F6NO2S. The van der Waals surface area contributed by atoms with Crippen LogP contribution in [-0.2, 0) is 5.60 Å². The molecule has 0 bridgehead atoms. The molecule has 0 saturated carbocycles. The zero-order valence-corrected chi connectivity index (χ0v) is 13.3. The smallest absolute Gasteiger partial charge is 0.369 e. The van der Waals surface area contributed by atoms with Crippen LogP contribution in [0.3, 0.4) is 0 Å². The summed E-state index contributed by atoms with van der Waals surface area (Å²) in [5.41, 5.74) is -6.29. The molecule has 0 radical (unpaired) electrons. The quantitative estimate of drug-likeness (QED) is 0.802. The van der Waals surface area contributed by atoms with Gasteiger partial charge in [0, 0.05) is 18.3 Å². The Kier molecular flexibility index (Phi) is 4.88. The molecule has 0 spiro atoms. The molecule has 0 saturated heterocycles. The van der Waals surface area contributed by atoms with Gasteiger partial charge in [-0.05, 0) is 23.6 Å². The van der Waals surface area contributed by atoms with E-state index in [0.29, 0.717) is 17.0 Å². The molecule has 0 aliphatic carbocycles. The number of hydrogen-bond donors (Lipinski definition) is 1. The monoisotopic (exact) mass is 383 g/mol. The fraction of sp³-hybridized carbons (Fsp3) is 0.267. The molecule has 1 amide bonds. The standard InChI is InChI=1S/C15H11F6NO2S/c1-22(12(23)11-3-2-8-25-11)10-6-4-9(5-7-10)13(24,14(16,17)18)15(19,20)21/h2-8,24H,1H3. The number of nitrogens with zero attached hydrogens (tertiary/aromatic N) is 1. The van der Waals surface area contributed by atoms with Gasteiger partial charge in [-0.1, -0.05) is 18.2 Å². The third kappa shape index (κ3) is 3.36. The molecule has 0 aliphatic heterocycles. The van der Waals surface area contributed by atoms with E-state index in [1.807, 2.05) is 0 Å². The Morgan fingerprint density at radius 3 is 1.92 bits per heavy atom. The Morgan fingerprint density at radius 2 is 1.52 bits per heavy atom. The van der Waals surface area contributed by atoms with E-state index in [-0.39, 0.29) is 5.69 Å². The van der Waals surface area contributed by atoms with Gasteiger partial charge >= 0.3 is 12.4 Å². The first kappa shape index (κ1) is 19.3. The molecule has 25 heavy (non-hydrogen) atoms. The van der Waals surface area contributed by atoms with Gasteiger partial charge in [0.15, 0.2) is 0 Å². The molecule has 2 rings (SSSR count). The second kappa shape index (κ2) is 6.34. The number of rotatable bonds is 3. The van der Waals surface area contributed by atoms with E-state index in [1.165, 1.54) is 13.1 Å². The molecule has 1 aromatic heterocycles. The van der Waals surface area contributed by atoms with Crippen molar-refractivity contribution in [1.82, 2.24) is 0 Å². The van der Waals surface area contributed by atoms with E-state index >= 15 is 0 Å². The summed E-state index contributed by atoms with van der Waals surface area (Å²) >= 11 is 1.14. The van der Waals surface area contributed by atoms with Crippen LogP contribution in [-0.4, -0.2) is 30.4 Å². The van der Waals surface area contributed by atoms with Gasteiger partial charge in [-0.3, -0.25) is 4.79 Å². The molecule has 0 aliphatic rings. The van der Waals surface area contributed by atoms with Crippen molar-refractivity contribution in [2.24, 2.45) is 0 Å². The molecule has 1 heterocycles. The van der Waals surface area contributed by atoms with E-state index in [0.717, 1.165) is 28.4 Å². The van der Waals surface area contributed by atoms with Gasteiger partial charge in [0.2, 0.25) is 0 Å². The van der Waals surface area contributed by atoms with Crippen LogP contribution in [0.5, 0.6) is 0 Å². The van der Waals surface area contributed by atoms with E-state index in [4.69, 9.17) is 0 Å². The van der Waals surface area contributed by atoms with Crippen LogP contribution in [0.2, 0.25) is 0 Å². The SMILES string of the molecule is CN(C(=O)c1cccs1)c1ccc(C(O)(C(F)(F)F)C(F)(F)F)cc1. The number of benzene rings is 1. The van der Waals surface area contributed by atoms with Crippen LogP contribution in [0.15, 0.2) is 41.8 Å². The lowest BCUT2D eigenvalue weighted by molar-refractivity contribution is -0.376. The molecule has 3 nitrogen and oxygen atoms in total. The highest BCUT2D eigenvalue weighted by Gasteiger charge is 2.71. The third-order valence-corrected chi connectivity index (χ3v) is 4.39. The zero-order chi connectivity index (χ0) is 19.0. The highest BCUT2D eigenvalue weighted by Crippen LogP contribution is 2.50. The topological polar surface area (TPSA) is 40.5 Å². The molecule has 1 N–H and O–H groups in total. The summed E-state index contributed by atoms with van der Waals surface area (Å²) in [7, 11) is 1.33. The van der Waals surface area contributed by atoms with Gasteiger partial charge in [0.1, 0.15) is 0 Å². The van der Waals surface area contributed by atoms with E-state index < -0.39 is 29.4 Å². The molecule has 0 fully saturated rings. The van der Waals surface area contributed by atoms with Crippen molar-refractivity contribution < 1.29 is 36.2 Å². The van der Waals surface area contributed by atoms with Gasteiger partial charge in [-0.25, -0.2) is 0 Å². The average molecular weight is 383 g/mol. The summed E-state index contributed by atoms with van der Waals surface area (Å²) < 4.78 is 77.0. The lowest BCUT2D eigenvalue weighted by atomic mass is 9.92. The van der Waals surface area contributed by atoms with Crippen LogP contribution in [0.4, 0.5) is 32.0 Å². The van der Waals surface area contributed by atoms with Gasteiger partial charge in [0.05, 0.1) is 4.88 Å². The number of carbonyl (C=O) groups is 1. The summed E-state index contributed by atoms with van der Waals surface area (Å²) in [5.74, 6) is -0.468. The average Bonchev–Trinajstić information content (AvgIpc) is 3.05. The predicted octanol–water partition coefficient (Wildman–Crippen LogP) is 4.34. The Labute approximate surface area is 142 Å². The normalized spacial score (nSPS) is 13.0. The number of hydrogen-bond acceptors (Lipinski definition) is 3. The maximum Gasteiger partial charge on any atom is 0.430 e. The van der Waals surface area contributed by atoms with E-state index in [2.05, 4.69) is 0 Å². The molecule has 0 atom stereocenters. The van der Waals surface area contributed by atoms with Crippen LogP contribution in [0, 0.1) is 0 Å². The third-order valence-electron chi connectivity index (χ3n) is 3.53. The van der Waals surface area contributed by atoms with Gasteiger partial charge < -0.3 is 10.0 Å². The van der Waals surface area contributed by atoms with Crippen LogP contribution < -0.4 is 4.90 Å². The summed E-state index contributed by atoms with van der Waals surface area (Å²) in [4.78, 5) is 13.6. The number of amides is 1. The van der Waals surface area contributed by atoms with E-state index in [9.17, 15) is 36.2 Å². The van der Waals surface area contributed by atoms with E-state index in [1.54, 1.807) is 11.4 Å². The Balaban J connectivity index is 2.37. The lowest BCUT2D eigenvalue weighted by Gasteiger charge is -2.32. The number of anilines is 1. The second-order valence-electron chi connectivity index (χ2n) is 5.09. The second-order valence-corrected chi connectivity index (χ2v) is 6.04. The Hall–Kier alpha value is -2.07. The molecule has 10 heteroatoms. The summed E-state index contributed by atoms with van der Waals surface area (Å²) in [5, 5.41) is 11.0. The highest BCUT2D eigenvalue weighted by molar-refractivity contribution is 7.12. The largest absolute Gasteiger partial charge is 0.430 e. The number of aliphatic hydroxyl groups is 1. The minimum Gasteiger partial charge on any atom is -0.369 e. The molecular weight excluding hydrogens is 372 g/mol. The van der Waals surface area contributed by atoms with Gasteiger partial charge in [0.25, 0.3) is 11.5 Å². The minimum atomic E-state index is -5.95. The number of thiophene rings is 1. The summed E-state index contributed by atoms with van der Waals surface area (Å²) in [6, 6.07) is 5.96. The lowest BCUT2D eigenvalue weighted by Crippen LogP contribution is -2.53. The first-order valence-electron chi connectivity index (χ1n) is 6.67. The van der Waals surface area contributed by atoms with Crippen molar-refractivity contribution in [2.75, 3.05) is 11.9 Å². The minimum absolute atomic E-state index is 0.0776. The van der Waals surface area contributed by atoms with Crippen molar-refractivity contribution in [2.45, 2.75) is 18.0 Å². The van der Waals surface area contributed by atoms with Crippen molar-refractivity contribution in [3.63, 3.8) is 0 Å². The first-order chi connectivity index (χ1) is 11.4. The van der Waals surface area contributed by atoms with Crippen LogP contribution >= 0.6 is 11.3 Å². The first-order valence-corrected chi connectivity index (χ1v) is 7.55. The van der Waals surface area contributed by atoms with Crippen LogP contribution in [0.25, 0.3) is 0 Å². The number of alkyl halides is 6.